The molecule has 0 aromatic heterocycles. The third kappa shape index (κ3) is 1.67. The van der Waals surface area contributed by atoms with Crippen LogP contribution in [-0.2, 0) is 5.72 Å². The average molecular weight is 231 g/mol. The molecule has 0 fully saturated rings. The first-order valence-electron chi connectivity index (χ1n) is 5.92. The Morgan fingerprint density at radius 1 is 1.47 bits per heavy atom. The number of benzene rings is 1. The lowest BCUT2D eigenvalue weighted by Gasteiger charge is -2.31. The van der Waals surface area contributed by atoms with Gasteiger partial charge in [0.05, 0.1) is 0 Å². The van der Waals surface area contributed by atoms with Crippen LogP contribution in [0, 0.1) is 0 Å². The van der Waals surface area contributed by atoms with Gasteiger partial charge in [-0.05, 0) is 18.6 Å². The van der Waals surface area contributed by atoms with Crippen molar-refractivity contribution < 1.29 is 9.90 Å². The highest BCUT2D eigenvalue weighted by Crippen LogP contribution is 2.37. The summed E-state index contributed by atoms with van der Waals surface area (Å²) in [6.45, 7) is 6.27. The number of rotatable bonds is 4. The Kier molecular flexibility index (Phi) is 3.03. The molecule has 3 nitrogen and oxygen atoms in total. The van der Waals surface area contributed by atoms with Gasteiger partial charge in [-0.2, -0.15) is 0 Å². The van der Waals surface area contributed by atoms with Gasteiger partial charge in [0.1, 0.15) is 0 Å². The number of fused-ring (bicyclic) bond motifs is 1. The minimum Gasteiger partial charge on any atom is -0.363 e. The maximum Gasteiger partial charge on any atom is 0.257 e. The van der Waals surface area contributed by atoms with Gasteiger partial charge in [0.15, 0.2) is 5.72 Å². The molecule has 1 N–H and O–H groups in total. The Balaban J connectivity index is 2.45. The van der Waals surface area contributed by atoms with Gasteiger partial charge in [0.2, 0.25) is 0 Å². The molecule has 1 aromatic rings. The van der Waals surface area contributed by atoms with Gasteiger partial charge in [-0.15, -0.1) is 0 Å². The van der Waals surface area contributed by atoms with E-state index in [1.165, 1.54) is 11.0 Å². The number of amides is 1. The summed E-state index contributed by atoms with van der Waals surface area (Å²) >= 11 is 0. The fourth-order valence-corrected chi connectivity index (χ4v) is 2.24. The normalized spacial score (nSPS) is 22.7. The van der Waals surface area contributed by atoms with E-state index in [0.717, 1.165) is 12.8 Å². The molecule has 0 aliphatic carbocycles. The topological polar surface area (TPSA) is 40.5 Å². The highest BCUT2D eigenvalue weighted by atomic mass is 16.3. The summed E-state index contributed by atoms with van der Waals surface area (Å²) < 4.78 is 0. The van der Waals surface area contributed by atoms with Crippen LogP contribution in [0.15, 0.2) is 36.9 Å². The molecule has 0 saturated heterocycles. The number of carbonyl (C=O) groups excluding carboxylic acids is 1. The number of hydrogen-bond acceptors (Lipinski definition) is 2. The standard InChI is InChI=1S/C14H17NO2/c1-3-5-10-15-13(16)11-8-6-7-9-12(11)14(15,17)4-2/h4,6-9,17H,2-3,5,10H2,1H3. The van der Waals surface area contributed by atoms with E-state index >= 15 is 0 Å². The number of carbonyl (C=O) groups is 1. The molecule has 2 rings (SSSR count). The molecule has 1 unspecified atom stereocenters. The molecule has 0 spiro atoms. The molecule has 1 aliphatic rings. The molecule has 1 atom stereocenters. The minimum atomic E-state index is -1.34. The van der Waals surface area contributed by atoms with Crippen LogP contribution < -0.4 is 0 Å². The molecule has 3 heteroatoms. The summed E-state index contributed by atoms with van der Waals surface area (Å²) in [4.78, 5) is 13.7. The summed E-state index contributed by atoms with van der Waals surface area (Å²) in [5, 5.41) is 10.6. The van der Waals surface area contributed by atoms with E-state index in [2.05, 4.69) is 13.5 Å². The lowest BCUT2D eigenvalue weighted by atomic mass is 10.0. The molecule has 17 heavy (non-hydrogen) atoms. The minimum absolute atomic E-state index is 0.114. The van der Waals surface area contributed by atoms with Crippen LogP contribution in [0.1, 0.15) is 35.7 Å². The molecule has 1 aliphatic heterocycles. The van der Waals surface area contributed by atoms with Gasteiger partial charge in [-0.1, -0.05) is 38.1 Å². The number of nitrogens with zero attached hydrogens (tertiary/aromatic N) is 1. The summed E-state index contributed by atoms with van der Waals surface area (Å²) in [5.41, 5.74) is -0.134. The monoisotopic (exact) mass is 231 g/mol. The van der Waals surface area contributed by atoms with Crippen LogP contribution in [0.2, 0.25) is 0 Å². The van der Waals surface area contributed by atoms with Crippen LogP contribution in [-0.4, -0.2) is 22.5 Å². The number of aliphatic hydroxyl groups is 1. The second-order valence-electron chi connectivity index (χ2n) is 4.29. The first-order valence-corrected chi connectivity index (χ1v) is 5.92. The van der Waals surface area contributed by atoms with E-state index in [0.29, 0.717) is 17.7 Å². The Hall–Kier alpha value is -1.61. The smallest absolute Gasteiger partial charge is 0.257 e. The van der Waals surface area contributed by atoms with Crippen LogP contribution in [0.25, 0.3) is 0 Å². The van der Waals surface area contributed by atoms with E-state index in [1.807, 2.05) is 12.1 Å². The zero-order chi connectivity index (χ0) is 12.5. The van der Waals surface area contributed by atoms with Gasteiger partial charge in [0, 0.05) is 17.7 Å². The maximum absolute atomic E-state index is 12.2. The SMILES string of the molecule is C=CC1(O)c2ccccc2C(=O)N1CCCC. The number of hydrogen-bond donors (Lipinski definition) is 1. The van der Waals surface area contributed by atoms with Crippen molar-refractivity contribution >= 4 is 5.91 Å². The van der Waals surface area contributed by atoms with Crippen molar-refractivity contribution in [3.05, 3.63) is 48.0 Å². The van der Waals surface area contributed by atoms with Crippen molar-refractivity contribution in [1.82, 2.24) is 4.90 Å². The second kappa shape index (κ2) is 4.34. The van der Waals surface area contributed by atoms with E-state index < -0.39 is 5.72 Å². The fourth-order valence-electron chi connectivity index (χ4n) is 2.24. The predicted molar refractivity (Wildman–Crippen MR) is 66.5 cm³/mol. The van der Waals surface area contributed by atoms with Crippen molar-refractivity contribution in [3.63, 3.8) is 0 Å². The largest absolute Gasteiger partial charge is 0.363 e. The Bertz CT molecular complexity index is 455. The fraction of sp³-hybridized carbons (Fsp3) is 0.357. The summed E-state index contributed by atoms with van der Waals surface area (Å²) in [6.07, 6.45) is 3.29. The Morgan fingerprint density at radius 2 is 2.18 bits per heavy atom. The third-order valence-corrected chi connectivity index (χ3v) is 3.23. The van der Waals surface area contributed by atoms with Crippen LogP contribution in [0.3, 0.4) is 0 Å². The predicted octanol–water partition coefficient (Wildman–Crippen LogP) is 2.27. The van der Waals surface area contributed by atoms with Crippen LogP contribution >= 0.6 is 0 Å². The maximum atomic E-state index is 12.2. The molecule has 0 saturated carbocycles. The Labute approximate surface area is 101 Å². The van der Waals surface area contributed by atoms with Crippen molar-refractivity contribution in [2.24, 2.45) is 0 Å². The molecule has 0 bridgehead atoms. The van der Waals surface area contributed by atoms with Gasteiger partial charge in [0.25, 0.3) is 5.91 Å². The summed E-state index contributed by atoms with van der Waals surface area (Å²) in [6, 6.07) is 7.16. The van der Waals surface area contributed by atoms with Crippen LogP contribution in [0.5, 0.6) is 0 Å². The molecule has 1 heterocycles. The molecular formula is C14H17NO2. The molecule has 0 radical (unpaired) electrons. The van der Waals surface area contributed by atoms with Gasteiger partial charge in [-0.3, -0.25) is 4.79 Å². The second-order valence-corrected chi connectivity index (χ2v) is 4.29. The zero-order valence-electron chi connectivity index (χ0n) is 10.0. The van der Waals surface area contributed by atoms with Gasteiger partial charge < -0.3 is 10.0 Å². The highest BCUT2D eigenvalue weighted by molar-refractivity contribution is 6.00. The third-order valence-electron chi connectivity index (χ3n) is 3.23. The lowest BCUT2D eigenvalue weighted by molar-refractivity contribution is -0.0438. The van der Waals surface area contributed by atoms with Crippen molar-refractivity contribution in [1.29, 1.82) is 0 Å². The quantitative estimate of drug-likeness (QED) is 0.807. The number of unbranched alkanes of at least 4 members (excludes halogenated alkanes) is 1. The molecular weight excluding hydrogens is 214 g/mol. The van der Waals surface area contributed by atoms with Gasteiger partial charge in [-0.25, -0.2) is 0 Å². The van der Waals surface area contributed by atoms with Crippen molar-refractivity contribution in [2.75, 3.05) is 6.54 Å². The van der Waals surface area contributed by atoms with E-state index in [1.54, 1.807) is 12.1 Å². The van der Waals surface area contributed by atoms with E-state index in [-0.39, 0.29) is 5.91 Å². The summed E-state index contributed by atoms with van der Waals surface area (Å²) in [5.74, 6) is -0.114. The van der Waals surface area contributed by atoms with E-state index in [9.17, 15) is 9.90 Å². The molecule has 1 aromatic carbocycles. The lowest BCUT2D eigenvalue weighted by Crippen LogP contribution is -2.42. The highest BCUT2D eigenvalue weighted by Gasteiger charge is 2.45. The first kappa shape index (κ1) is 11.9. The van der Waals surface area contributed by atoms with E-state index in [4.69, 9.17) is 0 Å². The average Bonchev–Trinajstić information content (AvgIpc) is 2.58. The van der Waals surface area contributed by atoms with Gasteiger partial charge >= 0.3 is 0 Å². The summed E-state index contributed by atoms with van der Waals surface area (Å²) in [7, 11) is 0. The zero-order valence-corrected chi connectivity index (χ0v) is 10.0. The first-order chi connectivity index (χ1) is 8.15. The van der Waals surface area contributed by atoms with Crippen LogP contribution in [0.4, 0.5) is 0 Å². The van der Waals surface area contributed by atoms with Crippen molar-refractivity contribution in [2.45, 2.75) is 25.5 Å². The van der Waals surface area contributed by atoms with Crippen molar-refractivity contribution in [3.8, 4) is 0 Å². The molecule has 90 valence electrons. The molecule has 1 amide bonds. The Morgan fingerprint density at radius 3 is 2.82 bits per heavy atom.